The van der Waals surface area contributed by atoms with E-state index < -0.39 is 0 Å². The molecule has 0 saturated carbocycles. The number of benzene rings is 1. The highest BCUT2D eigenvalue weighted by molar-refractivity contribution is 5.82. The minimum atomic E-state index is -0.310. The van der Waals surface area contributed by atoms with Gasteiger partial charge in [0.1, 0.15) is 5.75 Å². The second-order valence-electron chi connectivity index (χ2n) is 6.11. The van der Waals surface area contributed by atoms with Crippen LogP contribution in [0.3, 0.4) is 0 Å². The second-order valence-corrected chi connectivity index (χ2v) is 6.11. The first-order valence-corrected chi connectivity index (χ1v) is 7.17. The Morgan fingerprint density at radius 1 is 1.21 bits per heavy atom. The molecule has 2 aliphatic heterocycles. The molecule has 0 radical (unpaired) electrons. The van der Waals surface area contributed by atoms with Crippen LogP contribution in [0.4, 0.5) is 0 Å². The van der Waals surface area contributed by atoms with Crippen molar-refractivity contribution in [3.05, 3.63) is 29.8 Å². The maximum Gasteiger partial charge on any atom is 0.264 e. The smallest absolute Gasteiger partial charge is 0.264 e. The van der Waals surface area contributed by atoms with Gasteiger partial charge in [-0.25, -0.2) is 0 Å². The van der Waals surface area contributed by atoms with E-state index in [1.807, 2.05) is 29.2 Å². The SMILES string of the molecule is CC1CC(C)CN(C(=O)C2Cc3ccccc3O2)C1. The van der Waals surface area contributed by atoms with Gasteiger partial charge in [-0.15, -0.1) is 0 Å². The number of ether oxygens (including phenoxy) is 1. The number of nitrogens with zero attached hydrogens (tertiary/aromatic N) is 1. The Labute approximate surface area is 114 Å². The number of carbonyl (C=O) groups excluding carboxylic acids is 1. The maximum atomic E-state index is 12.6. The van der Waals surface area contributed by atoms with Gasteiger partial charge in [-0.05, 0) is 29.9 Å². The lowest BCUT2D eigenvalue weighted by molar-refractivity contribution is -0.140. The Bertz CT molecular complexity index is 450. The minimum Gasteiger partial charge on any atom is -0.480 e. The molecule has 102 valence electrons. The van der Waals surface area contributed by atoms with Gasteiger partial charge in [0.2, 0.25) is 0 Å². The van der Waals surface area contributed by atoms with E-state index in [4.69, 9.17) is 4.74 Å². The number of fused-ring (bicyclic) bond motifs is 1. The van der Waals surface area contributed by atoms with Crippen molar-refractivity contribution >= 4 is 5.91 Å². The van der Waals surface area contributed by atoms with Gasteiger partial charge in [-0.3, -0.25) is 4.79 Å². The standard InChI is InChI=1S/C16H21NO2/c1-11-7-12(2)10-17(9-11)16(18)15-8-13-5-3-4-6-14(13)19-15/h3-6,11-12,15H,7-10H2,1-2H3. The molecule has 19 heavy (non-hydrogen) atoms. The van der Waals surface area contributed by atoms with Crippen LogP contribution in [0, 0.1) is 11.8 Å². The van der Waals surface area contributed by atoms with E-state index in [1.54, 1.807) is 0 Å². The van der Waals surface area contributed by atoms with Gasteiger partial charge in [0.05, 0.1) is 0 Å². The van der Waals surface area contributed by atoms with E-state index in [2.05, 4.69) is 13.8 Å². The zero-order valence-electron chi connectivity index (χ0n) is 11.6. The molecule has 3 heteroatoms. The van der Waals surface area contributed by atoms with Crippen molar-refractivity contribution in [1.82, 2.24) is 4.90 Å². The van der Waals surface area contributed by atoms with Gasteiger partial charge >= 0.3 is 0 Å². The topological polar surface area (TPSA) is 29.5 Å². The molecule has 1 aromatic carbocycles. The number of hydrogen-bond donors (Lipinski definition) is 0. The monoisotopic (exact) mass is 259 g/mol. The van der Waals surface area contributed by atoms with Gasteiger partial charge in [-0.1, -0.05) is 32.0 Å². The Hall–Kier alpha value is -1.51. The summed E-state index contributed by atoms with van der Waals surface area (Å²) < 4.78 is 5.80. The van der Waals surface area contributed by atoms with Crippen molar-refractivity contribution in [2.24, 2.45) is 11.8 Å². The summed E-state index contributed by atoms with van der Waals surface area (Å²) in [6, 6.07) is 7.95. The van der Waals surface area contributed by atoms with Crippen LogP contribution in [0.1, 0.15) is 25.8 Å². The van der Waals surface area contributed by atoms with Crippen LogP contribution in [0.25, 0.3) is 0 Å². The Morgan fingerprint density at radius 3 is 2.58 bits per heavy atom. The van der Waals surface area contributed by atoms with E-state index in [-0.39, 0.29) is 12.0 Å². The predicted molar refractivity (Wildman–Crippen MR) is 74.1 cm³/mol. The number of amides is 1. The van der Waals surface area contributed by atoms with Crippen LogP contribution >= 0.6 is 0 Å². The molecule has 1 fully saturated rings. The zero-order chi connectivity index (χ0) is 13.4. The predicted octanol–water partition coefficient (Wildman–Crippen LogP) is 2.49. The largest absolute Gasteiger partial charge is 0.480 e. The third-order valence-electron chi connectivity index (χ3n) is 4.10. The highest BCUT2D eigenvalue weighted by atomic mass is 16.5. The number of para-hydroxylation sites is 1. The van der Waals surface area contributed by atoms with Crippen LogP contribution in [0.2, 0.25) is 0 Å². The molecule has 3 rings (SSSR count). The van der Waals surface area contributed by atoms with Crippen LogP contribution < -0.4 is 4.74 Å². The Kier molecular flexibility index (Phi) is 3.21. The van der Waals surface area contributed by atoms with Crippen molar-refractivity contribution in [3.63, 3.8) is 0 Å². The van der Waals surface area contributed by atoms with Gasteiger partial charge in [0, 0.05) is 19.5 Å². The molecule has 0 N–H and O–H groups in total. The van der Waals surface area contributed by atoms with Crippen LogP contribution in [-0.2, 0) is 11.2 Å². The first kappa shape index (κ1) is 12.5. The lowest BCUT2D eigenvalue weighted by Crippen LogP contribution is -2.48. The summed E-state index contributed by atoms with van der Waals surface area (Å²) in [5.74, 6) is 2.22. The van der Waals surface area contributed by atoms with Crippen molar-refractivity contribution in [2.75, 3.05) is 13.1 Å². The van der Waals surface area contributed by atoms with Gasteiger partial charge < -0.3 is 9.64 Å². The number of hydrogen-bond acceptors (Lipinski definition) is 2. The molecule has 0 bridgehead atoms. The quantitative estimate of drug-likeness (QED) is 0.775. The minimum absolute atomic E-state index is 0.162. The molecule has 3 unspecified atom stereocenters. The average Bonchev–Trinajstić information content (AvgIpc) is 2.80. The summed E-state index contributed by atoms with van der Waals surface area (Å²) in [7, 11) is 0. The highest BCUT2D eigenvalue weighted by Crippen LogP contribution is 2.30. The van der Waals surface area contributed by atoms with Gasteiger partial charge in [-0.2, -0.15) is 0 Å². The molecule has 2 heterocycles. The number of carbonyl (C=O) groups is 1. The average molecular weight is 259 g/mol. The summed E-state index contributed by atoms with van der Waals surface area (Å²) in [5.41, 5.74) is 1.15. The number of piperidine rings is 1. The fraction of sp³-hybridized carbons (Fsp3) is 0.562. The van der Waals surface area contributed by atoms with E-state index in [1.165, 1.54) is 6.42 Å². The van der Waals surface area contributed by atoms with Crippen molar-refractivity contribution in [3.8, 4) is 5.75 Å². The summed E-state index contributed by atoms with van der Waals surface area (Å²) in [6.45, 7) is 6.19. The van der Waals surface area contributed by atoms with Crippen LogP contribution in [0.15, 0.2) is 24.3 Å². The molecule has 0 aromatic heterocycles. The number of likely N-dealkylation sites (tertiary alicyclic amines) is 1. The third-order valence-corrected chi connectivity index (χ3v) is 4.10. The van der Waals surface area contributed by atoms with E-state index in [0.29, 0.717) is 18.3 Å². The van der Waals surface area contributed by atoms with E-state index in [9.17, 15) is 4.79 Å². The first-order chi connectivity index (χ1) is 9.13. The fourth-order valence-corrected chi connectivity index (χ4v) is 3.37. The van der Waals surface area contributed by atoms with Gasteiger partial charge in [0.15, 0.2) is 6.10 Å². The van der Waals surface area contributed by atoms with Gasteiger partial charge in [0.25, 0.3) is 5.91 Å². The molecular formula is C16H21NO2. The van der Waals surface area contributed by atoms with Crippen molar-refractivity contribution < 1.29 is 9.53 Å². The summed E-state index contributed by atoms with van der Waals surface area (Å²) in [6.07, 6.45) is 1.62. The molecule has 0 aliphatic carbocycles. The molecular weight excluding hydrogens is 238 g/mol. The second kappa shape index (κ2) is 4.87. The zero-order valence-corrected chi connectivity index (χ0v) is 11.6. The molecule has 2 aliphatic rings. The van der Waals surface area contributed by atoms with E-state index >= 15 is 0 Å². The normalized spacial score (nSPS) is 29.8. The summed E-state index contributed by atoms with van der Waals surface area (Å²) in [5, 5.41) is 0. The van der Waals surface area contributed by atoms with Crippen LogP contribution in [-0.4, -0.2) is 30.0 Å². The maximum absolute atomic E-state index is 12.6. The lowest BCUT2D eigenvalue weighted by Gasteiger charge is -2.36. The van der Waals surface area contributed by atoms with Crippen LogP contribution in [0.5, 0.6) is 5.75 Å². The Morgan fingerprint density at radius 2 is 1.89 bits per heavy atom. The molecule has 0 spiro atoms. The number of rotatable bonds is 1. The third kappa shape index (κ3) is 2.46. The lowest BCUT2D eigenvalue weighted by atomic mass is 9.91. The fourth-order valence-electron chi connectivity index (χ4n) is 3.37. The molecule has 1 amide bonds. The molecule has 1 saturated heterocycles. The Balaban J connectivity index is 1.69. The first-order valence-electron chi connectivity index (χ1n) is 7.17. The van der Waals surface area contributed by atoms with Crippen molar-refractivity contribution in [1.29, 1.82) is 0 Å². The summed E-state index contributed by atoms with van der Waals surface area (Å²) in [4.78, 5) is 14.6. The molecule has 1 aromatic rings. The molecule has 3 atom stereocenters. The summed E-state index contributed by atoms with van der Waals surface area (Å²) >= 11 is 0. The molecule has 3 nitrogen and oxygen atoms in total. The van der Waals surface area contributed by atoms with E-state index in [0.717, 1.165) is 24.4 Å². The van der Waals surface area contributed by atoms with Crippen molar-refractivity contribution in [2.45, 2.75) is 32.8 Å². The highest BCUT2D eigenvalue weighted by Gasteiger charge is 2.34.